The van der Waals surface area contributed by atoms with E-state index in [2.05, 4.69) is 33.7 Å². The first-order chi connectivity index (χ1) is 16.6. The smallest absolute Gasteiger partial charge is 0.303 e. The predicted molar refractivity (Wildman–Crippen MR) is 127 cm³/mol. The number of carboxylic acids is 1. The fraction of sp³-hybridized carbons (Fsp3) is 0.750. The molecule has 192 valence electrons. The lowest BCUT2D eigenvalue weighted by Gasteiger charge is -2.46. The molecule has 5 rings (SSSR count). The van der Waals surface area contributed by atoms with Crippen LogP contribution in [0.4, 0.5) is 5.82 Å². The molecule has 0 radical (unpaired) electrons. The van der Waals surface area contributed by atoms with Gasteiger partial charge in [-0.05, 0) is 59.3 Å². The number of imidazole rings is 1. The number of anilines is 1. The molecule has 35 heavy (non-hydrogen) atoms. The van der Waals surface area contributed by atoms with Gasteiger partial charge in [-0.15, -0.1) is 0 Å². The van der Waals surface area contributed by atoms with Gasteiger partial charge in [0.05, 0.1) is 12.9 Å². The number of hydrogen-bond acceptors (Lipinski definition) is 9. The molecular weight excluding hydrogens is 452 g/mol. The Labute approximate surface area is 205 Å². The monoisotopic (exact) mass is 488 g/mol. The second-order valence-corrected chi connectivity index (χ2v) is 10.8. The highest BCUT2D eigenvalue weighted by Crippen LogP contribution is 2.48. The summed E-state index contributed by atoms with van der Waals surface area (Å²) >= 11 is 0. The molecule has 4 heterocycles. The quantitative estimate of drug-likeness (QED) is 0.541. The molecule has 0 aromatic carbocycles. The number of nitrogens with two attached hydrogens (primary N) is 1. The first-order valence-electron chi connectivity index (χ1n) is 12.5. The number of rotatable bonds is 9. The number of hydrogen-bond donors (Lipinski definition) is 2. The number of carboxylic acid groups (broad SMARTS) is 1. The van der Waals surface area contributed by atoms with Crippen molar-refractivity contribution >= 4 is 23.0 Å². The van der Waals surface area contributed by atoms with Crippen LogP contribution in [0.15, 0.2) is 12.7 Å². The molecule has 2 aromatic rings. The number of ether oxygens (including phenoxy) is 3. The highest BCUT2D eigenvalue weighted by atomic mass is 16.8. The molecule has 0 spiro atoms. The summed E-state index contributed by atoms with van der Waals surface area (Å²) in [6.07, 6.45) is 6.73. The van der Waals surface area contributed by atoms with Crippen LogP contribution < -0.4 is 5.73 Å². The van der Waals surface area contributed by atoms with Crippen LogP contribution in [0.25, 0.3) is 11.2 Å². The zero-order chi connectivity index (χ0) is 25.0. The van der Waals surface area contributed by atoms with E-state index in [-0.39, 0.29) is 18.6 Å². The molecule has 0 unspecified atom stereocenters. The molecule has 3 N–H and O–H groups in total. The van der Waals surface area contributed by atoms with Crippen molar-refractivity contribution in [2.45, 2.75) is 95.6 Å². The van der Waals surface area contributed by atoms with Gasteiger partial charge < -0.3 is 25.1 Å². The molecule has 0 bridgehead atoms. The van der Waals surface area contributed by atoms with Crippen molar-refractivity contribution in [1.29, 1.82) is 0 Å². The van der Waals surface area contributed by atoms with Crippen molar-refractivity contribution in [1.82, 2.24) is 24.4 Å². The van der Waals surface area contributed by atoms with E-state index in [0.717, 1.165) is 32.2 Å². The van der Waals surface area contributed by atoms with Crippen LogP contribution in [-0.4, -0.2) is 78.7 Å². The normalized spacial score (nSPS) is 31.8. The Bertz CT molecular complexity index is 1080. The first kappa shape index (κ1) is 24.4. The van der Waals surface area contributed by atoms with Crippen molar-refractivity contribution in [3.8, 4) is 0 Å². The zero-order valence-corrected chi connectivity index (χ0v) is 20.9. The Morgan fingerprint density at radius 3 is 2.80 bits per heavy atom. The van der Waals surface area contributed by atoms with Gasteiger partial charge >= 0.3 is 5.97 Å². The molecule has 2 saturated heterocycles. The summed E-state index contributed by atoms with van der Waals surface area (Å²) < 4.78 is 21.2. The first-order valence-corrected chi connectivity index (χ1v) is 12.5. The minimum absolute atomic E-state index is 0.193. The van der Waals surface area contributed by atoms with E-state index in [0.29, 0.717) is 41.6 Å². The fourth-order valence-corrected chi connectivity index (χ4v) is 5.97. The van der Waals surface area contributed by atoms with Crippen molar-refractivity contribution < 1.29 is 24.1 Å². The van der Waals surface area contributed by atoms with E-state index in [1.165, 1.54) is 6.33 Å². The number of fused-ring (bicyclic) bond motifs is 2. The maximum Gasteiger partial charge on any atom is 0.303 e. The van der Waals surface area contributed by atoms with Crippen LogP contribution in [-0.2, 0) is 24.7 Å². The fourth-order valence-electron chi connectivity index (χ4n) is 5.97. The van der Waals surface area contributed by atoms with E-state index in [1.807, 2.05) is 18.4 Å². The average Bonchev–Trinajstić information content (AvgIpc) is 3.39. The van der Waals surface area contributed by atoms with Crippen molar-refractivity contribution in [3.05, 3.63) is 12.7 Å². The standard InChI is InChI=1S/C24H36N6O5/c1-14(2)29(16-8-15(9-16)6-5-7-18(31)32)10-17-20-24(11-33-17,35-23(3,4)34-20)30-13-28-19-21(25)26-12-27-22(19)30/h12-17,20H,5-11H2,1-4H3,(H,31,32)(H2,25,26,27)/t15-,16+,17-,20-,24+/m1/s1. The van der Waals surface area contributed by atoms with Gasteiger partial charge in [-0.25, -0.2) is 15.0 Å². The second kappa shape index (κ2) is 8.95. The molecule has 1 aliphatic carbocycles. The van der Waals surface area contributed by atoms with Crippen LogP contribution in [0.5, 0.6) is 0 Å². The van der Waals surface area contributed by atoms with Gasteiger partial charge in [-0.1, -0.05) is 0 Å². The largest absolute Gasteiger partial charge is 0.481 e. The number of carbonyl (C=O) groups is 1. The second-order valence-electron chi connectivity index (χ2n) is 10.8. The Kier molecular flexibility index (Phi) is 6.23. The number of nitrogens with zero attached hydrogens (tertiary/aromatic N) is 5. The van der Waals surface area contributed by atoms with Crippen LogP contribution in [0.1, 0.15) is 59.8 Å². The van der Waals surface area contributed by atoms with Crippen LogP contribution in [0.2, 0.25) is 0 Å². The van der Waals surface area contributed by atoms with Gasteiger partial charge in [-0.2, -0.15) is 0 Å². The zero-order valence-electron chi connectivity index (χ0n) is 20.9. The lowest BCUT2D eigenvalue weighted by Crippen LogP contribution is -2.53. The number of aliphatic carboxylic acids is 1. The third-order valence-electron chi connectivity index (χ3n) is 7.63. The minimum Gasteiger partial charge on any atom is -0.481 e. The Morgan fingerprint density at radius 2 is 2.09 bits per heavy atom. The van der Waals surface area contributed by atoms with Gasteiger partial charge in [0.15, 0.2) is 17.3 Å². The summed E-state index contributed by atoms with van der Waals surface area (Å²) in [5.41, 5.74) is 6.26. The molecule has 2 aromatic heterocycles. The third kappa shape index (κ3) is 4.39. The maximum atomic E-state index is 10.8. The van der Waals surface area contributed by atoms with Crippen molar-refractivity contribution in [3.63, 3.8) is 0 Å². The molecule has 11 nitrogen and oxygen atoms in total. The lowest BCUT2D eigenvalue weighted by molar-refractivity contribution is -0.206. The summed E-state index contributed by atoms with van der Waals surface area (Å²) in [6, 6.07) is 0.802. The molecular formula is C24H36N6O5. The number of aromatic nitrogens is 4. The van der Waals surface area contributed by atoms with Gasteiger partial charge in [0.2, 0.25) is 5.72 Å². The Hall–Kier alpha value is -2.34. The van der Waals surface area contributed by atoms with E-state index >= 15 is 0 Å². The van der Waals surface area contributed by atoms with E-state index in [9.17, 15) is 4.79 Å². The van der Waals surface area contributed by atoms with E-state index in [4.69, 9.17) is 25.1 Å². The van der Waals surface area contributed by atoms with Gasteiger partial charge in [0, 0.05) is 25.0 Å². The molecule has 2 aliphatic heterocycles. The van der Waals surface area contributed by atoms with Gasteiger partial charge in [-0.3, -0.25) is 14.3 Å². The summed E-state index contributed by atoms with van der Waals surface area (Å²) in [7, 11) is 0. The third-order valence-corrected chi connectivity index (χ3v) is 7.63. The summed E-state index contributed by atoms with van der Waals surface area (Å²) in [5, 5.41) is 8.90. The van der Waals surface area contributed by atoms with Crippen molar-refractivity contribution in [2.75, 3.05) is 18.9 Å². The van der Waals surface area contributed by atoms with Crippen LogP contribution in [0.3, 0.4) is 0 Å². The van der Waals surface area contributed by atoms with Gasteiger partial charge in [0.1, 0.15) is 24.1 Å². The molecule has 0 amide bonds. The van der Waals surface area contributed by atoms with Gasteiger partial charge in [0.25, 0.3) is 0 Å². The van der Waals surface area contributed by atoms with E-state index in [1.54, 1.807) is 6.33 Å². The predicted octanol–water partition coefficient (Wildman–Crippen LogP) is 2.36. The summed E-state index contributed by atoms with van der Waals surface area (Å²) in [4.78, 5) is 26.2. The topological polar surface area (TPSA) is 138 Å². The molecule has 11 heteroatoms. The molecule has 3 atom stereocenters. The summed E-state index contributed by atoms with van der Waals surface area (Å²) in [5.74, 6) is -0.593. The van der Waals surface area contributed by atoms with E-state index < -0.39 is 17.5 Å². The SMILES string of the molecule is CC(C)N(C[C@H]1OC[C@]2(n3cnc4c(N)ncnc43)OC(C)(C)O[C@H]12)[C@H]1C[C@@H](CCCC(=O)O)C1. The average molecular weight is 489 g/mol. The van der Waals surface area contributed by atoms with Crippen LogP contribution in [0, 0.1) is 5.92 Å². The molecule has 3 aliphatic rings. The minimum atomic E-state index is -0.897. The Morgan fingerprint density at radius 1 is 1.31 bits per heavy atom. The lowest BCUT2D eigenvalue weighted by atomic mass is 9.76. The molecule has 3 fully saturated rings. The number of nitrogen functional groups attached to an aromatic ring is 1. The van der Waals surface area contributed by atoms with Crippen LogP contribution >= 0.6 is 0 Å². The highest BCUT2D eigenvalue weighted by molar-refractivity contribution is 5.81. The van der Waals surface area contributed by atoms with Crippen molar-refractivity contribution in [2.24, 2.45) is 5.92 Å². The maximum absolute atomic E-state index is 10.8. The summed E-state index contributed by atoms with van der Waals surface area (Å²) in [6.45, 7) is 9.29. The molecule has 1 saturated carbocycles. The Balaban J connectivity index is 1.33. The highest BCUT2D eigenvalue weighted by Gasteiger charge is 2.63.